The van der Waals surface area contributed by atoms with Gasteiger partial charge in [-0.15, -0.1) is 0 Å². The predicted molar refractivity (Wildman–Crippen MR) is 111 cm³/mol. The topological polar surface area (TPSA) is 72.3 Å². The molecule has 1 aromatic carbocycles. The Hall–Kier alpha value is -3.19. The third kappa shape index (κ3) is 4.30. The van der Waals surface area contributed by atoms with E-state index >= 15 is 0 Å². The van der Waals surface area contributed by atoms with Crippen LogP contribution in [0.1, 0.15) is 24.4 Å². The zero-order chi connectivity index (χ0) is 20.2. The molecule has 3 aromatic rings. The van der Waals surface area contributed by atoms with E-state index in [0.717, 1.165) is 30.9 Å². The summed E-state index contributed by atoms with van der Waals surface area (Å²) in [5.41, 5.74) is 1.77. The molecule has 3 heterocycles. The maximum Gasteiger partial charge on any atom is 0.241 e. The van der Waals surface area contributed by atoms with Crippen LogP contribution in [-0.2, 0) is 18.4 Å². The van der Waals surface area contributed by atoms with Crippen LogP contribution in [0.4, 0.5) is 5.69 Å². The molecule has 1 fully saturated rings. The SMILES string of the molecule is Cc1ncc(CN2CCCC2C(=O)Nc2ccccc2Oc2cccnc2)n1C. The molecule has 0 radical (unpaired) electrons. The number of hydrogen-bond acceptors (Lipinski definition) is 5. The Kier molecular flexibility index (Phi) is 5.57. The van der Waals surface area contributed by atoms with Crippen molar-refractivity contribution in [3.05, 3.63) is 66.5 Å². The van der Waals surface area contributed by atoms with E-state index in [0.29, 0.717) is 23.7 Å². The molecule has 1 N–H and O–H groups in total. The minimum absolute atomic E-state index is 0.0105. The number of likely N-dealkylation sites (tertiary alicyclic amines) is 1. The molecule has 4 rings (SSSR count). The van der Waals surface area contributed by atoms with Gasteiger partial charge >= 0.3 is 0 Å². The second-order valence-corrected chi connectivity index (χ2v) is 7.26. The minimum atomic E-state index is -0.170. The zero-order valence-electron chi connectivity index (χ0n) is 16.7. The lowest BCUT2D eigenvalue weighted by Gasteiger charge is -2.24. The number of nitrogens with one attached hydrogen (secondary N) is 1. The van der Waals surface area contributed by atoms with Crippen molar-refractivity contribution in [2.45, 2.75) is 32.4 Å². The molecule has 0 spiro atoms. The molecule has 7 heteroatoms. The lowest BCUT2D eigenvalue weighted by atomic mass is 10.2. The number of carbonyl (C=O) groups excluding carboxylic acids is 1. The van der Waals surface area contributed by atoms with Gasteiger partial charge in [0.05, 0.1) is 23.6 Å². The molecule has 0 bridgehead atoms. The highest BCUT2D eigenvalue weighted by Gasteiger charge is 2.31. The number of benzene rings is 1. The summed E-state index contributed by atoms with van der Waals surface area (Å²) in [6.45, 7) is 3.59. The predicted octanol–water partition coefficient (Wildman–Crippen LogP) is 3.52. The second-order valence-electron chi connectivity index (χ2n) is 7.26. The van der Waals surface area contributed by atoms with Crippen LogP contribution < -0.4 is 10.1 Å². The summed E-state index contributed by atoms with van der Waals surface area (Å²) in [7, 11) is 2.01. The monoisotopic (exact) mass is 391 g/mol. The van der Waals surface area contributed by atoms with Gasteiger partial charge in [0.1, 0.15) is 11.6 Å². The van der Waals surface area contributed by atoms with Crippen molar-refractivity contribution in [1.82, 2.24) is 19.4 Å². The highest BCUT2D eigenvalue weighted by atomic mass is 16.5. The number of anilines is 1. The van der Waals surface area contributed by atoms with Crippen molar-refractivity contribution in [3.63, 3.8) is 0 Å². The van der Waals surface area contributed by atoms with Crippen LogP contribution in [0.5, 0.6) is 11.5 Å². The number of pyridine rings is 1. The van der Waals surface area contributed by atoms with Gasteiger partial charge in [-0.1, -0.05) is 12.1 Å². The fraction of sp³-hybridized carbons (Fsp3) is 0.318. The molecule has 29 heavy (non-hydrogen) atoms. The van der Waals surface area contributed by atoms with Gasteiger partial charge in [-0.2, -0.15) is 0 Å². The van der Waals surface area contributed by atoms with Gasteiger partial charge < -0.3 is 14.6 Å². The smallest absolute Gasteiger partial charge is 0.241 e. The Morgan fingerprint density at radius 1 is 1.24 bits per heavy atom. The summed E-state index contributed by atoms with van der Waals surface area (Å²) < 4.78 is 7.99. The van der Waals surface area contributed by atoms with Crippen molar-refractivity contribution in [2.75, 3.05) is 11.9 Å². The van der Waals surface area contributed by atoms with Crippen molar-refractivity contribution in [2.24, 2.45) is 7.05 Å². The van der Waals surface area contributed by atoms with E-state index in [-0.39, 0.29) is 11.9 Å². The number of carbonyl (C=O) groups is 1. The number of aryl methyl sites for hydroxylation is 1. The van der Waals surface area contributed by atoms with E-state index in [4.69, 9.17) is 4.74 Å². The standard InChI is InChI=1S/C22H25N5O2/c1-16-24-13-17(26(16)2)15-27-12-6-9-20(27)22(28)25-19-8-3-4-10-21(19)29-18-7-5-11-23-14-18/h3-5,7-8,10-11,13-14,20H,6,9,12,15H2,1-2H3,(H,25,28). The van der Waals surface area contributed by atoms with Crippen LogP contribution in [-0.4, -0.2) is 37.9 Å². The average molecular weight is 391 g/mol. The summed E-state index contributed by atoms with van der Waals surface area (Å²) in [6, 6.07) is 10.9. The molecule has 1 unspecified atom stereocenters. The van der Waals surface area contributed by atoms with Crippen LogP contribution in [0.2, 0.25) is 0 Å². The zero-order valence-corrected chi connectivity index (χ0v) is 16.7. The Bertz CT molecular complexity index is 986. The summed E-state index contributed by atoms with van der Waals surface area (Å²) in [4.78, 5) is 23.7. The van der Waals surface area contributed by atoms with Gasteiger partial charge in [0.15, 0.2) is 5.75 Å². The van der Waals surface area contributed by atoms with Crippen molar-refractivity contribution in [1.29, 1.82) is 0 Å². The Morgan fingerprint density at radius 3 is 2.86 bits per heavy atom. The third-order valence-corrected chi connectivity index (χ3v) is 5.36. The summed E-state index contributed by atoms with van der Waals surface area (Å²) in [5, 5.41) is 3.06. The molecule has 1 atom stereocenters. The van der Waals surface area contributed by atoms with Crippen molar-refractivity contribution >= 4 is 11.6 Å². The number of rotatable bonds is 6. The third-order valence-electron chi connectivity index (χ3n) is 5.36. The fourth-order valence-electron chi connectivity index (χ4n) is 3.63. The quantitative estimate of drug-likeness (QED) is 0.696. The number of para-hydroxylation sites is 2. The molecule has 1 amide bonds. The van der Waals surface area contributed by atoms with Gasteiger partial charge in [-0.05, 0) is 50.6 Å². The number of ether oxygens (including phenoxy) is 1. The molecule has 2 aromatic heterocycles. The molecule has 7 nitrogen and oxygen atoms in total. The maximum absolute atomic E-state index is 13.1. The van der Waals surface area contributed by atoms with E-state index < -0.39 is 0 Å². The normalized spacial score (nSPS) is 16.7. The van der Waals surface area contributed by atoms with Crippen molar-refractivity contribution in [3.8, 4) is 11.5 Å². The van der Waals surface area contributed by atoms with Crippen LogP contribution in [0.25, 0.3) is 0 Å². The van der Waals surface area contributed by atoms with Crippen LogP contribution in [0.3, 0.4) is 0 Å². The number of hydrogen-bond donors (Lipinski definition) is 1. The molecule has 1 aliphatic heterocycles. The van der Waals surface area contributed by atoms with Gasteiger partial charge in [-0.3, -0.25) is 14.7 Å². The van der Waals surface area contributed by atoms with Crippen LogP contribution in [0.15, 0.2) is 55.0 Å². The largest absolute Gasteiger partial charge is 0.454 e. The molecule has 0 saturated carbocycles. The second kappa shape index (κ2) is 8.45. The molecule has 1 aliphatic rings. The first-order valence-electron chi connectivity index (χ1n) is 9.81. The average Bonchev–Trinajstić information content (AvgIpc) is 3.32. The highest BCUT2D eigenvalue weighted by Crippen LogP contribution is 2.30. The van der Waals surface area contributed by atoms with Crippen LogP contribution in [0, 0.1) is 6.92 Å². The lowest BCUT2D eigenvalue weighted by Crippen LogP contribution is -2.39. The lowest BCUT2D eigenvalue weighted by molar-refractivity contribution is -0.120. The first-order valence-corrected chi connectivity index (χ1v) is 9.81. The first-order chi connectivity index (χ1) is 14.1. The molecule has 1 saturated heterocycles. The van der Waals surface area contributed by atoms with Crippen LogP contribution >= 0.6 is 0 Å². The number of imidazole rings is 1. The molecule has 0 aliphatic carbocycles. The van der Waals surface area contributed by atoms with E-state index in [1.54, 1.807) is 12.4 Å². The van der Waals surface area contributed by atoms with Gasteiger partial charge in [0.25, 0.3) is 0 Å². The van der Waals surface area contributed by atoms with Gasteiger partial charge in [0, 0.05) is 26.0 Å². The summed E-state index contributed by atoms with van der Waals surface area (Å²) in [6.07, 6.45) is 7.07. The van der Waals surface area contributed by atoms with E-state index in [1.807, 2.05) is 56.6 Å². The fourth-order valence-corrected chi connectivity index (χ4v) is 3.63. The summed E-state index contributed by atoms with van der Waals surface area (Å²) in [5.74, 6) is 2.19. The van der Waals surface area contributed by atoms with Gasteiger partial charge in [-0.25, -0.2) is 4.98 Å². The Morgan fingerprint density at radius 2 is 2.10 bits per heavy atom. The van der Waals surface area contributed by atoms with E-state index in [9.17, 15) is 4.79 Å². The summed E-state index contributed by atoms with van der Waals surface area (Å²) >= 11 is 0. The minimum Gasteiger partial charge on any atom is -0.454 e. The van der Waals surface area contributed by atoms with Crippen molar-refractivity contribution < 1.29 is 9.53 Å². The molecular formula is C22H25N5O2. The number of nitrogens with zero attached hydrogens (tertiary/aromatic N) is 4. The number of amides is 1. The molecule has 150 valence electrons. The Labute approximate surface area is 170 Å². The van der Waals surface area contributed by atoms with E-state index in [2.05, 4.69) is 24.8 Å². The molecular weight excluding hydrogens is 366 g/mol. The first kappa shape index (κ1) is 19.1. The Balaban J connectivity index is 1.47. The van der Waals surface area contributed by atoms with Gasteiger partial charge in [0.2, 0.25) is 5.91 Å². The highest BCUT2D eigenvalue weighted by molar-refractivity contribution is 5.96. The van der Waals surface area contributed by atoms with E-state index in [1.165, 1.54) is 0 Å². The number of aromatic nitrogens is 3. The maximum atomic E-state index is 13.1.